The number of benzene rings is 1. The number of hydrogen-bond acceptors (Lipinski definition) is 5. The summed E-state index contributed by atoms with van der Waals surface area (Å²) < 4.78 is 5.40. The fourth-order valence-corrected chi connectivity index (χ4v) is 3.26. The van der Waals surface area contributed by atoms with Gasteiger partial charge in [-0.3, -0.25) is 0 Å². The van der Waals surface area contributed by atoms with Gasteiger partial charge < -0.3 is 15.0 Å². The van der Waals surface area contributed by atoms with E-state index in [1.54, 1.807) is 16.2 Å². The van der Waals surface area contributed by atoms with Crippen LogP contribution in [-0.2, 0) is 17.9 Å². The van der Waals surface area contributed by atoms with Crippen LogP contribution in [0.1, 0.15) is 24.6 Å². The second-order valence-corrected chi connectivity index (χ2v) is 6.82. The number of nitrogens with zero attached hydrogens (tertiary/aromatic N) is 2. The van der Waals surface area contributed by atoms with E-state index in [0.29, 0.717) is 19.7 Å². The normalized spacial score (nSPS) is 20.7. The zero-order chi connectivity index (χ0) is 16.1. The maximum absolute atomic E-state index is 12.2. The molecule has 1 saturated heterocycles. The molecule has 1 amide bonds. The first-order valence-electron chi connectivity index (χ1n) is 7.72. The highest BCUT2D eigenvalue weighted by atomic mass is 32.1. The number of carbonyl (C=O) groups is 1. The molecule has 1 aromatic heterocycles. The van der Waals surface area contributed by atoms with Crippen LogP contribution in [0.25, 0.3) is 0 Å². The van der Waals surface area contributed by atoms with Crippen molar-refractivity contribution in [3.05, 3.63) is 52.5 Å². The molecule has 1 aromatic carbocycles. The van der Waals surface area contributed by atoms with E-state index in [2.05, 4.69) is 17.2 Å². The Morgan fingerprint density at radius 1 is 1.43 bits per heavy atom. The fraction of sp³-hybridized carbons (Fsp3) is 0.412. The fourth-order valence-electron chi connectivity index (χ4n) is 2.70. The van der Waals surface area contributed by atoms with Gasteiger partial charge in [0.05, 0.1) is 11.2 Å². The Labute approximate surface area is 140 Å². The van der Waals surface area contributed by atoms with Crippen LogP contribution in [0, 0.1) is 0 Å². The summed E-state index contributed by atoms with van der Waals surface area (Å²) in [6, 6.07) is 9.75. The average molecular weight is 331 g/mol. The van der Waals surface area contributed by atoms with Gasteiger partial charge in [-0.1, -0.05) is 30.3 Å². The molecule has 1 aliphatic rings. The van der Waals surface area contributed by atoms with Crippen molar-refractivity contribution in [2.45, 2.75) is 32.0 Å². The summed E-state index contributed by atoms with van der Waals surface area (Å²) in [7, 11) is 0. The average Bonchev–Trinajstić information content (AvgIpc) is 3.22. The highest BCUT2D eigenvalue weighted by molar-refractivity contribution is 7.07. The highest BCUT2D eigenvalue weighted by Gasteiger charge is 2.36. The van der Waals surface area contributed by atoms with Gasteiger partial charge in [-0.05, 0) is 18.9 Å². The standard InChI is InChI=1S/C17H21N3O2S/c1-17(19-9-15-11-23-13-18-15)7-8-20(12-17)16(21)22-10-14-5-3-2-4-6-14/h2-6,11,13,19H,7-10,12H2,1H3. The lowest BCUT2D eigenvalue weighted by Crippen LogP contribution is -2.45. The second-order valence-electron chi connectivity index (χ2n) is 6.11. The summed E-state index contributed by atoms with van der Waals surface area (Å²) in [5, 5.41) is 5.55. The Hall–Kier alpha value is -1.92. The third kappa shape index (κ3) is 4.30. The van der Waals surface area contributed by atoms with Gasteiger partial charge in [-0.15, -0.1) is 11.3 Å². The van der Waals surface area contributed by atoms with E-state index in [-0.39, 0.29) is 11.6 Å². The van der Waals surface area contributed by atoms with Crippen molar-refractivity contribution in [2.24, 2.45) is 0 Å². The molecule has 5 nitrogen and oxygen atoms in total. The highest BCUT2D eigenvalue weighted by Crippen LogP contribution is 2.22. The van der Waals surface area contributed by atoms with Crippen LogP contribution in [0.5, 0.6) is 0 Å². The third-order valence-electron chi connectivity index (χ3n) is 4.12. The quantitative estimate of drug-likeness (QED) is 0.915. The maximum atomic E-state index is 12.2. The van der Waals surface area contributed by atoms with Gasteiger partial charge in [-0.2, -0.15) is 0 Å². The van der Waals surface area contributed by atoms with Crippen LogP contribution in [-0.4, -0.2) is 34.6 Å². The summed E-state index contributed by atoms with van der Waals surface area (Å²) in [6.45, 7) is 4.56. The van der Waals surface area contributed by atoms with Crippen LogP contribution >= 0.6 is 11.3 Å². The molecule has 6 heteroatoms. The van der Waals surface area contributed by atoms with Crippen LogP contribution in [0.4, 0.5) is 4.79 Å². The van der Waals surface area contributed by atoms with Crippen molar-refractivity contribution in [1.82, 2.24) is 15.2 Å². The number of amides is 1. The monoisotopic (exact) mass is 331 g/mol. The lowest BCUT2D eigenvalue weighted by atomic mass is 10.0. The maximum Gasteiger partial charge on any atom is 0.410 e. The van der Waals surface area contributed by atoms with Crippen LogP contribution in [0.15, 0.2) is 41.2 Å². The number of thiazole rings is 1. The molecular weight excluding hydrogens is 310 g/mol. The number of nitrogens with one attached hydrogen (secondary N) is 1. The largest absolute Gasteiger partial charge is 0.445 e. The Balaban J connectivity index is 1.47. The number of ether oxygens (including phenoxy) is 1. The first kappa shape index (κ1) is 16.0. The molecule has 1 atom stereocenters. The molecule has 23 heavy (non-hydrogen) atoms. The zero-order valence-corrected chi connectivity index (χ0v) is 14.0. The van der Waals surface area contributed by atoms with Gasteiger partial charge in [0.15, 0.2) is 0 Å². The molecule has 0 radical (unpaired) electrons. The molecule has 1 N–H and O–H groups in total. The second kappa shape index (κ2) is 7.10. The number of carbonyl (C=O) groups excluding carboxylic acids is 1. The van der Waals surface area contributed by atoms with Gasteiger partial charge in [0.1, 0.15) is 6.61 Å². The van der Waals surface area contributed by atoms with Crippen LogP contribution in [0.2, 0.25) is 0 Å². The zero-order valence-electron chi connectivity index (χ0n) is 13.2. The van der Waals surface area contributed by atoms with Gasteiger partial charge in [0.25, 0.3) is 0 Å². The van der Waals surface area contributed by atoms with E-state index in [9.17, 15) is 4.79 Å². The number of hydrogen-bond donors (Lipinski definition) is 1. The molecule has 3 rings (SSSR count). The van der Waals surface area contributed by atoms with Crippen LogP contribution < -0.4 is 5.32 Å². The summed E-state index contributed by atoms with van der Waals surface area (Å²) in [4.78, 5) is 18.3. The molecule has 2 heterocycles. The Kier molecular flexibility index (Phi) is 4.93. The Bertz CT molecular complexity index is 633. The van der Waals surface area contributed by atoms with Crippen molar-refractivity contribution >= 4 is 17.4 Å². The first-order valence-corrected chi connectivity index (χ1v) is 8.67. The minimum Gasteiger partial charge on any atom is -0.445 e. The minimum absolute atomic E-state index is 0.0879. The van der Waals surface area contributed by atoms with Crippen molar-refractivity contribution in [1.29, 1.82) is 0 Å². The SMILES string of the molecule is CC1(NCc2cscn2)CCN(C(=O)OCc2ccccc2)C1. The summed E-state index contributed by atoms with van der Waals surface area (Å²) >= 11 is 1.60. The molecule has 1 fully saturated rings. The van der Waals surface area contributed by atoms with E-state index >= 15 is 0 Å². The number of likely N-dealkylation sites (tertiary alicyclic amines) is 1. The predicted molar refractivity (Wildman–Crippen MR) is 90.2 cm³/mol. The minimum atomic E-state index is -0.243. The van der Waals surface area contributed by atoms with Crippen molar-refractivity contribution in [2.75, 3.05) is 13.1 Å². The van der Waals surface area contributed by atoms with Gasteiger partial charge in [0, 0.05) is 30.6 Å². The first-order chi connectivity index (χ1) is 11.1. The molecule has 1 aliphatic heterocycles. The molecule has 2 aromatic rings. The molecular formula is C17H21N3O2S. The van der Waals surface area contributed by atoms with E-state index in [4.69, 9.17) is 4.74 Å². The number of rotatable bonds is 5. The number of aromatic nitrogens is 1. The molecule has 0 bridgehead atoms. The molecule has 0 saturated carbocycles. The Morgan fingerprint density at radius 2 is 2.26 bits per heavy atom. The summed E-state index contributed by atoms with van der Waals surface area (Å²) in [5.74, 6) is 0. The van der Waals surface area contributed by atoms with E-state index in [1.165, 1.54) is 0 Å². The third-order valence-corrected chi connectivity index (χ3v) is 4.75. The van der Waals surface area contributed by atoms with Crippen LogP contribution in [0.3, 0.4) is 0 Å². The smallest absolute Gasteiger partial charge is 0.410 e. The van der Waals surface area contributed by atoms with Gasteiger partial charge in [0.2, 0.25) is 0 Å². The topological polar surface area (TPSA) is 54.5 Å². The predicted octanol–water partition coefficient (Wildman–Crippen LogP) is 3.03. The summed E-state index contributed by atoms with van der Waals surface area (Å²) in [5.41, 5.74) is 3.79. The lowest BCUT2D eigenvalue weighted by Gasteiger charge is -2.25. The van der Waals surface area contributed by atoms with Crippen molar-refractivity contribution < 1.29 is 9.53 Å². The molecule has 0 aliphatic carbocycles. The molecule has 122 valence electrons. The summed E-state index contributed by atoms with van der Waals surface area (Å²) in [6.07, 6.45) is 0.672. The Morgan fingerprint density at radius 3 is 3.00 bits per heavy atom. The van der Waals surface area contributed by atoms with Crippen molar-refractivity contribution in [3.8, 4) is 0 Å². The van der Waals surface area contributed by atoms with Gasteiger partial charge in [-0.25, -0.2) is 9.78 Å². The molecule has 1 unspecified atom stereocenters. The van der Waals surface area contributed by atoms with E-state index in [0.717, 1.165) is 24.2 Å². The van der Waals surface area contributed by atoms with E-state index < -0.39 is 0 Å². The molecule has 0 spiro atoms. The van der Waals surface area contributed by atoms with E-state index in [1.807, 2.05) is 41.2 Å². The van der Waals surface area contributed by atoms with Crippen molar-refractivity contribution in [3.63, 3.8) is 0 Å². The lowest BCUT2D eigenvalue weighted by molar-refractivity contribution is 0.102. The van der Waals surface area contributed by atoms with Gasteiger partial charge >= 0.3 is 6.09 Å².